The van der Waals surface area contributed by atoms with Crippen molar-refractivity contribution in [1.82, 2.24) is 34.6 Å². The lowest BCUT2D eigenvalue weighted by Crippen LogP contribution is -2.40. The van der Waals surface area contributed by atoms with Crippen molar-refractivity contribution in [2.45, 2.75) is 25.6 Å². The number of aryl methyl sites for hydroxylation is 1. The van der Waals surface area contributed by atoms with Gasteiger partial charge in [0.05, 0.1) is 17.8 Å². The summed E-state index contributed by atoms with van der Waals surface area (Å²) in [6.45, 7) is 1.93. The number of aliphatic hydroxyl groups is 1. The van der Waals surface area contributed by atoms with Gasteiger partial charge in [-0.25, -0.2) is 9.97 Å². The Hall–Kier alpha value is -3.11. The fraction of sp³-hybridized carbons (Fsp3) is 0.312. The molecule has 10 heteroatoms. The van der Waals surface area contributed by atoms with Crippen LogP contribution >= 0.6 is 0 Å². The molecular formula is C16H19N9O. The molecule has 4 aromatic rings. The molecular weight excluding hydrogens is 334 g/mol. The van der Waals surface area contributed by atoms with Gasteiger partial charge in [0.15, 0.2) is 11.3 Å². The molecule has 0 radical (unpaired) electrons. The molecule has 134 valence electrons. The van der Waals surface area contributed by atoms with Crippen molar-refractivity contribution in [2.24, 2.45) is 12.8 Å². The lowest BCUT2D eigenvalue weighted by atomic mass is 10.2. The van der Waals surface area contributed by atoms with Crippen LogP contribution in [0.3, 0.4) is 0 Å². The smallest absolute Gasteiger partial charge is 0.226 e. The number of aromatic nitrogens is 7. The van der Waals surface area contributed by atoms with Crippen LogP contribution in [-0.2, 0) is 7.05 Å². The van der Waals surface area contributed by atoms with Gasteiger partial charge >= 0.3 is 0 Å². The summed E-state index contributed by atoms with van der Waals surface area (Å²) in [5.74, 6) is 0.901. The summed E-state index contributed by atoms with van der Waals surface area (Å²) in [4.78, 5) is 9.25. The average molecular weight is 353 g/mol. The maximum absolute atomic E-state index is 9.77. The Kier molecular flexibility index (Phi) is 3.98. The highest BCUT2D eigenvalue weighted by Gasteiger charge is 2.19. The molecule has 0 fully saturated rings. The van der Waals surface area contributed by atoms with Crippen LogP contribution in [0, 0.1) is 0 Å². The summed E-state index contributed by atoms with van der Waals surface area (Å²) in [5, 5.41) is 26.3. The number of benzene rings is 1. The van der Waals surface area contributed by atoms with E-state index in [4.69, 9.17) is 5.73 Å². The molecule has 1 aromatic carbocycles. The first-order valence-electron chi connectivity index (χ1n) is 8.29. The number of hydrogen-bond acceptors (Lipinski definition) is 8. The minimum Gasteiger partial charge on any atom is -0.377 e. The van der Waals surface area contributed by atoms with E-state index in [9.17, 15) is 5.11 Å². The van der Waals surface area contributed by atoms with E-state index in [1.807, 2.05) is 31.2 Å². The van der Waals surface area contributed by atoms with Gasteiger partial charge in [0.1, 0.15) is 6.23 Å². The van der Waals surface area contributed by atoms with E-state index in [1.165, 1.54) is 0 Å². The molecule has 0 aliphatic heterocycles. The van der Waals surface area contributed by atoms with Crippen molar-refractivity contribution in [1.29, 1.82) is 0 Å². The van der Waals surface area contributed by atoms with Gasteiger partial charge in [-0.2, -0.15) is 4.52 Å². The van der Waals surface area contributed by atoms with E-state index in [2.05, 4.69) is 30.7 Å². The summed E-state index contributed by atoms with van der Waals surface area (Å²) in [6, 6.07) is 7.30. The monoisotopic (exact) mass is 353 g/mol. The van der Waals surface area contributed by atoms with Gasteiger partial charge in [0.2, 0.25) is 11.8 Å². The number of anilines is 1. The number of rotatable bonds is 5. The predicted molar refractivity (Wildman–Crippen MR) is 96.2 cm³/mol. The molecule has 0 aliphatic rings. The summed E-state index contributed by atoms with van der Waals surface area (Å²) >= 11 is 0. The predicted octanol–water partition coefficient (Wildman–Crippen LogP) is 0.541. The SMILES string of the molecule is CC[C@H](Nc1nc2ccccc2c2nc(-c3cn(C)nn3)nn12)C(N)O. The largest absolute Gasteiger partial charge is 0.377 e. The zero-order chi connectivity index (χ0) is 18.3. The Balaban J connectivity index is 1.93. The third-order valence-electron chi connectivity index (χ3n) is 4.18. The van der Waals surface area contributed by atoms with E-state index >= 15 is 0 Å². The van der Waals surface area contributed by atoms with Gasteiger partial charge in [0.25, 0.3) is 0 Å². The molecule has 3 heterocycles. The van der Waals surface area contributed by atoms with Crippen LogP contribution < -0.4 is 11.1 Å². The number of nitrogens with zero attached hydrogens (tertiary/aromatic N) is 7. The lowest BCUT2D eigenvalue weighted by molar-refractivity contribution is 0.157. The Bertz CT molecular complexity index is 1070. The number of para-hydroxylation sites is 1. The topological polar surface area (TPSA) is 132 Å². The first-order valence-corrected chi connectivity index (χ1v) is 8.29. The number of nitrogens with one attached hydrogen (secondary N) is 1. The molecule has 0 amide bonds. The van der Waals surface area contributed by atoms with Crippen LogP contribution in [0.15, 0.2) is 30.5 Å². The van der Waals surface area contributed by atoms with E-state index in [0.717, 1.165) is 10.9 Å². The van der Waals surface area contributed by atoms with Crippen molar-refractivity contribution < 1.29 is 5.11 Å². The fourth-order valence-electron chi connectivity index (χ4n) is 2.80. The molecule has 1 unspecified atom stereocenters. The number of nitrogens with two attached hydrogens (primary N) is 1. The zero-order valence-corrected chi connectivity index (χ0v) is 14.4. The Morgan fingerprint density at radius 3 is 2.77 bits per heavy atom. The van der Waals surface area contributed by atoms with Crippen LogP contribution in [0.2, 0.25) is 0 Å². The summed E-state index contributed by atoms with van der Waals surface area (Å²) in [5.41, 5.74) is 7.62. The van der Waals surface area contributed by atoms with Crippen molar-refractivity contribution >= 4 is 22.5 Å². The summed E-state index contributed by atoms with van der Waals surface area (Å²) < 4.78 is 3.20. The van der Waals surface area contributed by atoms with Crippen molar-refractivity contribution in [3.8, 4) is 11.5 Å². The van der Waals surface area contributed by atoms with Crippen LogP contribution in [0.25, 0.3) is 28.1 Å². The van der Waals surface area contributed by atoms with E-state index < -0.39 is 6.23 Å². The molecule has 26 heavy (non-hydrogen) atoms. The zero-order valence-electron chi connectivity index (χ0n) is 14.4. The normalized spacial score (nSPS) is 14.0. The Morgan fingerprint density at radius 1 is 1.27 bits per heavy atom. The van der Waals surface area contributed by atoms with Gasteiger partial charge in [-0.15, -0.1) is 10.2 Å². The molecule has 0 saturated heterocycles. The number of aliphatic hydroxyl groups excluding tert-OH is 1. The van der Waals surface area contributed by atoms with E-state index in [1.54, 1.807) is 22.4 Å². The summed E-state index contributed by atoms with van der Waals surface area (Å²) in [6.07, 6.45) is 1.35. The lowest BCUT2D eigenvalue weighted by Gasteiger charge is -2.20. The second-order valence-electron chi connectivity index (χ2n) is 6.05. The third-order valence-corrected chi connectivity index (χ3v) is 4.18. The highest BCUT2D eigenvalue weighted by molar-refractivity contribution is 5.92. The number of hydrogen-bond donors (Lipinski definition) is 3. The van der Waals surface area contributed by atoms with E-state index in [-0.39, 0.29) is 6.04 Å². The van der Waals surface area contributed by atoms with Crippen LogP contribution in [0.1, 0.15) is 13.3 Å². The van der Waals surface area contributed by atoms with Gasteiger partial charge in [-0.1, -0.05) is 24.3 Å². The first kappa shape index (κ1) is 16.4. The Morgan fingerprint density at radius 2 is 2.08 bits per heavy atom. The standard InChI is InChI=1S/C16H19N9O/c1-3-10(13(17)26)18-16-19-11-7-5-4-6-9(11)15-20-14(22-25(15)16)12-8-24(2)23-21-12/h4-8,10,13,26H,3,17H2,1-2H3,(H,18,19)/t10-,13?/m0/s1. The van der Waals surface area contributed by atoms with Crippen molar-refractivity contribution in [3.63, 3.8) is 0 Å². The maximum Gasteiger partial charge on any atom is 0.226 e. The van der Waals surface area contributed by atoms with Gasteiger partial charge in [-0.3, -0.25) is 4.68 Å². The van der Waals surface area contributed by atoms with Crippen molar-refractivity contribution in [3.05, 3.63) is 30.5 Å². The third kappa shape index (κ3) is 2.74. The van der Waals surface area contributed by atoms with Crippen molar-refractivity contribution in [2.75, 3.05) is 5.32 Å². The highest BCUT2D eigenvalue weighted by atomic mass is 16.3. The minimum absolute atomic E-state index is 0.365. The molecule has 0 aliphatic carbocycles. The maximum atomic E-state index is 9.77. The summed E-state index contributed by atoms with van der Waals surface area (Å²) in [7, 11) is 1.78. The molecule has 0 bridgehead atoms. The average Bonchev–Trinajstić information content (AvgIpc) is 3.25. The molecule has 2 atom stereocenters. The van der Waals surface area contributed by atoms with Gasteiger partial charge in [0, 0.05) is 12.4 Å². The molecule has 10 nitrogen and oxygen atoms in total. The second-order valence-corrected chi connectivity index (χ2v) is 6.05. The highest BCUT2D eigenvalue weighted by Crippen LogP contribution is 2.23. The van der Waals surface area contributed by atoms with Crippen LogP contribution in [0.4, 0.5) is 5.95 Å². The molecule has 0 saturated carbocycles. The van der Waals surface area contributed by atoms with E-state index in [0.29, 0.717) is 29.5 Å². The molecule has 4 N–H and O–H groups in total. The molecule has 0 spiro atoms. The van der Waals surface area contributed by atoms with Gasteiger partial charge < -0.3 is 16.2 Å². The quantitative estimate of drug-likeness (QED) is 0.443. The second kappa shape index (κ2) is 6.32. The van der Waals surface area contributed by atoms with Crippen LogP contribution in [0.5, 0.6) is 0 Å². The molecule has 3 aromatic heterocycles. The first-order chi connectivity index (χ1) is 12.6. The minimum atomic E-state index is -1.02. The number of fused-ring (bicyclic) bond motifs is 3. The fourth-order valence-corrected chi connectivity index (χ4v) is 2.80. The van der Waals surface area contributed by atoms with Crippen LogP contribution in [-0.4, -0.2) is 52.0 Å². The van der Waals surface area contributed by atoms with Gasteiger partial charge in [-0.05, 0) is 18.6 Å². The molecule has 4 rings (SSSR count). The Labute approximate surface area is 148 Å².